The Hall–Kier alpha value is -2.67. The van der Waals surface area contributed by atoms with E-state index in [4.69, 9.17) is 0 Å². The van der Waals surface area contributed by atoms with Gasteiger partial charge in [0.2, 0.25) is 10.0 Å². The van der Waals surface area contributed by atoms with Crippen LogP contribution < -0.4 is 10.0 Å². The molecule has 0 aromatic heterocycles. The average molecular weight is 400 g/mol. The predicted molar refractivity (Wildman–Crippen MR) is 113 cm³/mol. The fourth-order valence-corrected chi connectivity index (χ4v) is 4.12. The van der Waals surface area contributed by atoms with Crippen LogP contribution in [0.15, 0.2) is 47.5 Å². The van der Waals surface area contributed by atoms with Crippen LogP contribution in [0.4, 0.5) is 5.69 Å². The van der Waals surface area contributed by atoms with Crippen molar-refractivity contribution in [2.45, 2.75) is 31.7 Å². The normalized spacial score (nSPS) is 18.4. The molecule has 6 nitrogen and oxygen atoms in total. The summed E-state index contributed by atoms with van der Waals surface area (Å²) >= 11 is 0. The van der Waals surface area contributed by atoms with Crippen molar-refractivity contribution in [1.29, 1.82) is 0 Å². The summed E-state index contributed by atoms with van der Waals surface area (Å²) in [6.45, 7) is 4.27. The Morgan fingerprint density at radius 2 is 2.00 bits per heavy atom. The van der Waals surface area contributed by atoms with E-state index in [2.05, 4.69) is 36.3 Å². The number of aliphatic imine (C=N–C) groups is 1. The molecule has 1 unspecified atom stereocenters. The lowest BCUT2D eigenvalue weighted by Crippen LogP contribution is -2.33. The molecule has 1 aliphatic rings. The van der Waals surface area contributed by atoms with E-state index in [-0.39, 0.29) is 11.5 Å². The molecule has 0 saturated heterocycles. The molecule has 2 aromatic rings. The zero-order valence-corrected chi connectivity index (χ0v) is 17.3. The Morgan fingerprint density at radius 3 is 2.68 bits per heavy atom. The summed E-state index contributed by atoms with van der Waals surface area (Å²) in [6.07, 6.45) is 3.64. The summed E-state index contributed by atoms with van der Waals surface area (Å²) in [7, 11) is -1.85. The van der Waals surface area contributed by atoms with Gasteiger partial charge in [0, 0.05) is 24.5 Å². The second kappa shape index (κ2) is 7.39. The maximum Gasteiger partial charge on any atom is 0.264 e. The van der Waals surface area contributed by atoms with E-state index in [1.54, 1.807) is 19.2 Å². The lowest BCUT2D eigenvalue weighted by molar-refractivity contribution is 0.0981. The third-order valence-corrected chi connectivity index (χ3v) is 5.48. The zero-order chi connectivity index (χ0) is 20.5. The van der Waals surface area contributed by atoms with Crippen molar-refractivity contribution in [2.75, 3.05) is 18.6 Å². The molecule has 1 heterocycles. The number of rotatable bonds is 4. The van der Waals surface area contributed by atoms with E-state index in [0.717, 1.165) is 29.5 Å². The minimum absolute atomic E-state index is 0.128. The Morgan fingerprint density at radius 1 is 1.25 bits per heavy atom. The van der Waals surface area contributed by atoms with Gasteiger partial charge in [-0.25, -0.2) is 13.1 Å². The molecule has 0 saturated carbocycles. The number of nitrogens with zero attached hydrogens (tertiary/aromatic N) is 1. The number of carbonyl (C=O) groups excluding carboxylic acids is 1. The van der Waals surface area contributed by atoms with Gasteiger partial charge in [0.25, 0.3) is 5.91 Å². The van der Waals surface area contributed by atoms with Crippen molar-refractivity contribution >= 4 is 27.8 Å². The van der Waals surface area contributed by atoms with Crippen molar-refractivity contribution in [3.8, 4) is 0 Å². The molecule has 0 bridgehead atoms. The van der Waals surface area contributed by atoms with E-state index < -0.39 is 15.9 Å². The molecule has 1 aliphatic heterocycles. The van der Waals surface area contributed by atoms with Crippen LogP contribution in [-0.2, 0) is 15.4 Å². The van der Waals surface area contributed by atoms with Gasteiger partial charge in [0.05, 0.1) is 12.3 Å². The lowest BCUT2D eigenvalue weighted by Gasteiger charge is -2.39. The first kappa shape index (κ1) is 20.1. The zero-order valence-electron chi connectivity index (χ0n) is 16.5. The van der Waals surface area contributed by atoms with Crippen LogP contribution in [0.3, 0.4) is 0 Å². The average Bonchev–Trinajstić information content (AvgIpc) is 2.60. The fraction of sp³-hybridized carbons (Fsp3) is 0.333. The van der Waals surface area contributed by atoms with Crippen LogP contribution in [0.1, 0.15) is 53.4 Å². The number of sulfonamides is 1. The Balaban J connectivity index is 1.93. The molecule has 0 radical (unpaired) electrons. The summed E-state index contributed by atoms with van der Waals surface area (Å²) in [4.78, 5) is 16.3. The Bertz CT molecular complexity index is 1040. The summed E-state index contributed by atoms with van der Waals surface area (Å²) < 4.78 is 24.7. The van der Waals surface area contributed by atoms with Crippen LogP contribution >= 0.6 is 0 Å². The minimum Gasteiger partial charge on any atom is -0.378 e. The van der Waals surface area contributed by atoms with E-state index in [1.807, 2.05) is 29.1 Å². The van der Waals surface area contributed by atoms with Gasteiger partial charge in [-0.15, -0.1) is 0 Å². The quantitative estimate of drug-likeness (QED) is 0.773. The highest BCUT2D eigenvalue weighted by Crippen LogP contribution is 2.44. The molecule has 0 aliphatic carbocycles. The first-order chi connectivity index (χ1) is 13.1. The second-order valence-electron chi connectivity index (χ2n) is 7.81. The van der Waals surface area contributed by atoms with Crippen molar-refractivity contribution in [3.63, 3.8) is 0 Å². The topological polar surface area (TPSA) is 87.6 Å². The summed E-state index contributed by atoms with van der Waals surface area (Å²) in [6, 6.07) is 13.7. The maximum absolute atomic E-state index is 12.2. The van der Waals surface area contributed by atoms with Crippen LogP contribution in [0.5, 0.6) is 0 Å². The number of hydrogen-bond acceptors (Lipinski definition) is 5. The molecule has 0 fully saturated rings. The van der Waals surface area contributed by atoms with Crippen molar-refractivity contribution in [3.05, 3.63) is 64.7 Å². The highest BCUT2D eigenvalue weighted by Gasteiger charge is 2.34. The highest BCUT2D eigenvalue weighted by molar-refractivity contribution is 7.89. The van der Waals surface area contributed by atoms with E-state index in [1.165, 1.54) is 5.56 Å². The van der Waals surface area contributed by atoms with Crippen LogP contribution in [0.2, 0.25) is 0 Å². The van der Waals surface area contributed by atoms with Gasteiger partial charge >= 0.3 is 0 Å². The SMILES string of the molecule is CN=Cc1cccc(C2CC(C)(C)c3cc(C(=O)NS(C)(=O)=O)ccc3N2)c1. The first-order valence-corrected chi connectivity index (χ1v) is 10.9. The smallest absolute Gasteiger partial charge is 0.264 e. The number of amides is 1. The van der Waals surface area contributed by atoms with Crippen LogP contribution in [0.25, 0.3) is 0 Å². The molecular formula is C21H25N3O3S. The van der Waals surface area contributed by atoms with Gasteiger partial charge in [-0.2, -0.15) is 0 Å². The summed E-state index contributed by atoms with van der Waals surface area (Å²) in [5.41, 5.74) is 4.32. The van der Waals surface area contributed by atoms with Gasteiger partial charge in [-0.3, -0.25) is 9.79 Å². The van der Waals surface area contributed by atoms with Crippen LogP contribution in [0, 0.1) is 0 Å². The maximum atomic E-state index is 12.2. The molecule has 148 valence electrons. The third kappa shape index (κ3) is 4.42. The van der Waals surface area contributed by atoms with E-state index >= 15 is 0 Å². The highest BCUT2D eigenvalue weighted by atomic mass is 32.2. The van der Waals surface area contributed by atoms with Gasteiger partial charge in [0.1, 0.15) is 0 Å². The number of anilines is 1. The molecule has 28 heavy (non-hydrogen) atoms. The second-order valence-corrected chi connectivity index (χ2v) is 9.55. The molecule has 3 rings (SSSR count). The minimum atomic E-state index is -3.60. The molecule has 7 heteroatoms. The number of fused-ring (bicyclic) bond motifs is 1. The number of hydrogen-bond donors (Lipinski definition) is 2. The fourth-order valence-electron chi connectivity index (χ4n) is 3.66. The molecule has 1 atom stereocenters. The van der Waals surface area contributed by atoms with E-state index in [9.17, 15) is 13.2 Å². The largest absolute Gasteiger partial charge is 0.378 e. The summed E-state index contributed by atoms with van der Waals surface area (Å²) in [5.74, 6) is -0.616. The van der Waals surface area contributed by atoms with Gasteiger partial charge < -0.3 is 5.32 Å². The molecular weight excluding hydrogens is 374 g/mol. The molecule has 2 aromatic carbocycles. The van der Waals surface area contributed by atoms with Gasteiger partial charge in [-0.05, 0) is 52.8 Å². The molecule has 0 spiro atoms. The van der Waals surface area contributed by atoms with Crippen molar-refractivity contribution in [1.82, 2.24) is 4.72 Å². The predicted octanol–water partition coefficient (Wildman–Crippen LogP) is 3.26. The number of benzene rings is 2. The van der Waals surface area contributed by atoms with Crippen molar-refractivity contribution in [2.24, 2.45) is 4.99 Å². The van der Waals surface area contributed by atoms with E-state index in [0.29, 0.717) is 5.56 Å². The van der Waals surface area contributed by atoms with Gasteiger partial charge in [-0.1, -0.05) is 32.0 Å². The Labute approximate surface area is 166 Å². The third-order valence-electron chi connectivity index (χ3n) is 4.92. The summed E-state index contributed by atoms with van der Waals surface area (Å²) in [5, 5.41) is 3.56. The standard InChI is InChI=1S/C21H25N3O3S/c1-21(2)12-19(15-7-5-6-14(10-15)13-22-3)23-18-9-8-16(11-17(18)21)20(25)24-28(4,26)27/h5-11,13,19,23H,12H2,1-4H3,(H,24,25). The monoisotopic (exact) mass is 399 g/mol. The number of carbonyl (C=O) groups is 1. The first-order valence-electron chi connectivity index (χ1n) is 9.04. The lowest BCUT2D eigenvalue weighted by atomic mass is 9.73. The molecule has 2 N–H and O–H groups in total. The number of nitrogens with one attached hydrogen (secondary N) is 2. The van der Waals surface area contributed by atoms with Gasteiger partial charge in [0.15, 0.2) is 0 Å². The molecule has 1 amide bonds. The Kier molecular flexibility index (Phi) is 5.30. The van der Waals surface area contributed by atoms with Crippen LogP contribution in [-0.4, -0.2) is 33.8 Å². The van der Waals surface area contributed by atoms with Crippen molar-refractivity contribution < 1.29 is 13.2 Å².